The second kappa shape index (κ2) is 6.77. The Kier molecular flexibility index (Phi) is 5.66. The van der Waals surface area contributed by atoms with Gasteiger partial charge < -0.3 is 10.0 Å². The van der Waals surface area contributed by atoms with Crippen molar-refractivity contribution in [2.75, 3.05) is 26.7 Å². The van der Waals surface area contributed by atoms with E-state index >= 15 is 0 Å². The molecular weight excluding hydrogens is 210 g/mol. The average molecular weight is 235 g/mol. The summed E-state index contributed by atoms with van der Waals surface area (Å²) in [5, 5.41) is 8.78. The van der Waals surface area contributed by atoms with E-state index in [1.54, 1.807) is 0 Å². The smallest absolute Gasteiger partial charge is 0.0443 e. The van der Waals surface area contributed by atoms with Crippen molar-refractivity contribution in [2.24, 2.45) is 0 Å². The molecule has 1 rings (SSSR count). The molecule has 0 saturated heterocycles. The molecule has 17 heavy (non-hydrogen) atoms. The van der Waals surface area contributed by atoms with E-state index < -0.39 is 0 Å². The third kappa shape index (κ3) is 4.14. The lowest BCUT2D eigenvalue weighted by Gasteiger charge is -2.17. The average Bonchev–Trinajstić information content (AvgIpc) is 2.32. The van der Waals surface area contributed by atoms with Crippen LogP contribution in [0.25, 0.3) is 0 Å². The predicted molar refractivity (Wildman–Crippen MR) is 73.6 cm³/mol. The van der Waals surface area contributed by atoms with Gasteiger partial charge >= 0.3 is 0 Å². The molecule has 1 aromatic rings. The van der Waals surface area contributed by atoms with E-state index in [-0.39, 0.29) is 6.61 Å². The summed E-state index contributed by atoms with van der Waals surface area (Å²) in [5.74, 6) is 0. The number of likely N-dealkylation sites (N-methyl/N-ethyl adjacent to an activating group) is 1. The number of aliphatic hydroxyl groups excluding tert-OH is 1. The van der Waals surface area contributed by atoms with E-state index in [9.17, 15) is 0 Å². The van der Waals surface area contributed by atoms with Crippen molar-refractivity contribution in [3.63, 3.8) is 0 Å². The van der Waals surface area contributed by atoms with E-state index in [4.69, 9.17) is 5.11 Å². The summed E-state index contributed by atoms with van der Waals surface area (Å²) in [7, 11) is 2.12. The highest BCUT2D eigenvalue weighted by atomic mass is 16.3. The van der Waals surface area contributed by atoms with Crippen LogP contribution in [0.2, 0.25) is 0 Å². The first kappa shape index (κ1) is 14.2. The summed E-state index contributed by atoms with van der Waals surface area (Å²) in [6, 6.07) is 4.46. The molecule has 0 aliphatic carbocycles. The molecule has 0 spiro atoms. The minimum absolute atomic E-state index is 0.285. The van der Waals surface area contributed by atoms with Crippen LogP contribution in [-0.2, 0) is 6.42 Å². The van der Waals surface area contributed by atoms with Gasteiger partial charge in [-0.3, -0.25) is 0 Å². The maximum Gasteiger partial charge on any atom is 0.0443 e. The lowest BCUT2D eigenvalue weighted by molar-refractivity contribution is 0.248. The molecular formula is C15H25NO. The lowest BCUT2D eigenvalue weighted by Crippen LogP contribution is -2.23. The van der Waals surface area contributed by atoms with Crippen LogP contribution in [0.5, 0.6) is 0 Å². The second-order valence-electron chi connectivity index (χ2n) is 4.92. The molecule has 0 radical (unpaired) electrons. The van der Waals surface area contributed by atoms with Crippen molar-refractivity contribution in [3.05, 3.63) is 34.4 Å². The molecule has 1 N–H and O–H groups in total. The van der Waals surface area contributed by atoms with Gasteiger partial charge in [-0.15, -0.1) is 0 Å². The lowest BCUT2D eigenvalue weighted by atomic mass is 9.97. The molecule has 0 atom stereocenters. The Labute approximate surface area is 105 Å². The van der Waals surface area contributed by atoms with Gasteiger partial charge in [0.05, 0.1) is 0 Å². The molecule has 0 unspecified atom stereocenters. The van der Waals surface area contributed by atoms with Crippen molar-refractivity contribution in [3.8, 4) is 0 Å². The Bertz CT molecular complexity index is 360. The largest absolute Gasteiger partial charge is 0.396 e. The molecule has 1 aromatic carbocycles. The predicted octanol–water partition coefficient (Wildman–Crippen LogP) is 2.47. The van der Waals surface area contributed by atoms with Crippen molar-refractivity contribution < 1.29 is 5.11 Å². The van der Waals surface area contributed by atoms with Crippen molar-refractivity contribution in [1.82, 2.24) is 4.90 Å². The van der Waals surface area contributed by atoms with Gasteiger partial charge in [-0.05, 0) is 62.9 Å². The number of nitrogens with zero attached hydrogens (tertiary/aromatic N) is 1. The van der Waals surface area contributed by atoms with Gasteiger partial charge in [0, 0.05) is 19.7 Å². The van der Waals surface area contributed by atoms with E-state index in [1.807, 2.05) is 0 Å². The molecule has 0 fully saturated rings. The number of hydrogen-bond donors (Lipinski definition) is 1. The summed E-state index contributed by atoms with van der Waals surface area (Å²) in [4.78, 5) is 2.28. The third-order valence-corrected chi connectivity index (χ3v) is 3.63. The summed E-state index contributed by atoms with van der Waals surface area (Å²) >= 11 is 0. The summed E-state index contributed by atoms with van der Waals surface area (Å²) in [6.45, 7) is 8.89. The third-order valence-electron chi connectivity index (χ3n) is 3.63. The highest BCUT2D eigenvalue weighted by Gasteiger charge is 2.05. The van der Waals surface area contributed by atoms with Crippen LogP contribution in [0.1, 0.15) is 28.7 Å². The molecule has 0 heterocycles. The molecule has 96 valence electrons. The molecule has 0 saturated carbocycles. The van der Waals surface area contributed by atoms with Gasteiger partial charge in [0.1, 0.15) is 0 Å². The number of rotatable bonds is 6. The van der Waals surface area contributed by atoms with E-state index in [0.29, 0.717) is 0 Å². The van der Waals surface area contributed by atoms with Crippen LogP contribution in [0.15, 0.2) is 12.1 Å². The van der Waals surface area contributed by atoms with Crippen LogP contribution in [0, 0.1) is 20.8 Å². The quantitative estimate of drug-likeness (QED) is 0.819. The standard InChI is InChI=1S/C15H25NO/c1-12-6-7-15(14(3)13(12)2)8-10-16(4)9-5-11-17/h6-7,17H,5,8-11H2,1-4H3. The number of aryl methyl sites for hydroxylation is 1. The second-order valence-corrected chi connectivity index (χ2v) is 4.92. The van der Waals surface area contributed by atoms with Gasteiger partial charge in [-0.1, -0.05) is 12.1 Å². The molecule has 2 heteroatoms. The normalized spacial score (nSPS) is 11.2. The molecule has 0 amide bonds. The van der Waals surface area contributed by atoms with Crippen LogP contribution in [0.4, 0.5) is 0 Å². The number of hydrogen-bond acceptors (Lipinski definition) is 2. The van der Waals surface area contributed by atoms with E-state index in [0.717, 1.165) is 25.9 Å². The van der Waals surface area contributed by atoms with Crippen molar-refractivity contribution in [1.29, 1.82) is 0 Å². The van der Waals surface area contributed by atoms with Crippen LogP contribution in [-0.4, -0.2) is 36.8 Å². The summed E-state index contributed by atoms with van der Waals surface area (Å²) in [5.41, 5.74) is 5.67. The minimum Gasteiger partial charge on any atom is -0.396 e. The first-order chi connectivity index (χ1) is 8.06. The van der Waals surface area contributed by atoms with E-state index in [2.05, 4.69) is 44.9 Å². The first-order valence-electron chi connectivity index (χ1n) is 6.41. The zero-order valence-corrected chi connectivity index (χ0v) is 11.6. The fourth-order valence-electron chi connectivity index (χ4n) is 2.05. The SMILES string of the molecule is Cc1ccc(CCN(C)CCCO)c(C)c1C. The Morgan fingerprint density at radius 1 is 1.06 bits per heavy atom. The topological polar surface area (TPSA) is 23.5 Å². The minimum atomic E-state index is 0.285. The summed E-state index contributed by atoms with van der Waals surface area (Å²) < 4.78 is 0. The monoisotopic (exact) mass is 235 g/mol. The Morgan fingerprint density at radius 2 is 1.76 bits per heavy atom. The number of aliphatic hydroxyl groups is 1. The fourth-order valence-corrected chi connectivity index (χ4v) is 2.05. The molecule has 0 aliphatic heterocycles. The van der Waals surface area contributed by atoms with Crippen molar-refractivity contribution in [2.45, 2.75) is 33.6 Å². The first-order valence-corrected chi connectivity index (χ1v) is 6.41. The molecule has 0 bridgehead atoms. The fraction of sp³-hybridized carbons (Fsp3) is 0.600. The number of benzene rings is 1. The van der Waals surface area contributed by atoms with Crippen LogP contribution < -0.4 is 0 Å². The molecule has 0 aliphatic rings. The Balaban J connectivity index is 2.55. The summed E-state index contributed by atoms with van der Waals surface area (Å²) in [6.07, 6.45) is 1.96. The zero-order valence-electron chi connectivity index (χ0n) is 11.6. The highest BCUT2D eigenvalue weighted by Crippen LogP contribution is 2.17. The Hall–Kier alpha value is -0.860. The van der Waals surface area contributed by atoms with Crippen molar-refractivity contribution >= 4 is 0 Å². The van der Waals surface area contributed by atoms with E-state index in [1.165, 1.54) is 22.3 Å². The maximum absolute atomic E-state index is 8.78. The van der Waals surface area contributed by atoms with Crippen LogP contribution in [0.3, 0.4) is 0 Å². The Morgan fingerprint density at radius 3 is 2.41 bits per heavy atom. The maximum atomic E-state index is 8.78. The molecule has 2 nitrogen and oxygen atoms in total. The van der Waals surface area contributed by atoms with Gasteiger partial charge in [-0.25, -0.2) is 0 Å². The van der Waals surface area contributed by atoms with Gasteiger partial charge in [0.15, 0.2) is 0 Å². The van der Waals surface area contributed by atoms with Gasteiger partial charge in [0.2, 0.25) is 0 Å². The van der Waals surface area contributed by atoms with Gasteiger partial charge in [0.25, 0.3) is 0 Å². The highest BCUT2D eigenvalue weighted by molar-refractivity contribution is 5.38. The zero-order chi connectivity index (χ0) is 12.8. The van der Waals surface area contributed by atoms with Crippen LogP contribution >= 0.6 is 0 Å². The molecule has 0 aromatic heterocycles. The van der Waals surface area contributed by atoms with Gasteiger partial charge in [-0.2, -0.15) is 0 Å².